The normalized spacial score (nSPS) is 12.4. The smallest absolute Gasteiger partial charge is 0.124 e. The van der Waals surface area contributed by atoms with E-state index in [9.17, 15) is 0 Å². The standard InChI is InChI=1S/C15H21N3O/c1-3-14(16)13-6-4-5-7-15(13)19-11-10-18-9-8-17-12(18)2/h4-9,14H,3,10-11,16H2,1-2H3. The fourth-order valence-corrected chi connectivity index (χ4v) is 2.03. The van der Waals surface area contributed by atoms with Gasteiger partial charge in [0.05, 0.1) is 6.54 Å². The van der Waals surface area contributed by atoms with Gasteiger partial charge in [0.25, 0.3) is 0 Å². The summed E-state index contributed by atoms with van der Waals surface area (Å²) in [5, 5.41) is 0. The maximum Gasteiger partial charge on any atom is 0.124 e. The van der Waals surface area contributed by atoms with Crippen molar-refractivity contribution in [3.63, 3.8) is 0 Å². The first kappa shape index (κ1) is 13.6. The van der Waals surface area contributed by atoms with Crippen LogP contribution in [0.3, 0.4) is 0 Å². The Morgan fingerprint density at radius 2 is 2.16 bits per heavy atom. The lowest BCUT2D eigenvalue weighted by atomic mass is 10.0. The zero-order chi connectivity index (χ0) is 13.7. The van der Waals surface area contributed by atoms with Crippen LogP contribution in [0.1, 0.15) is 30.8 Å². The molecule has 4 heteroatoms. The molecule has 4 nitrogen and oxygen atoms in total. The van der Waals surface area contributed by atoms with E-state index < -0.39 is 0 Å². The van der Waals surface area contributed by atoms with Gasteiger partial charge in [0.15, 0.2) is 0 Å². The lowest BCUT2D eigenvalue weighted by molar-refractivity contribution is 0.292. The average molecular weight is 259 g/mol. The highest BCUT2D eigenvalue weighted by molar-refractivity contribution is 5.35. The minimum absolute atomic E-state index is 0.0335. The molecule has 2 rings (SSSR count). The molecular formula is C15H21N3O. The molecule has 0 radical (unpaired) electrons. The highest BCUT2D eigenvalue weighted by Gasteiger charge is 2.09. The zero-order valence-corrected chi connectivity index (χ0v) is 11.5. The van der Waals surface area contributed by atoms with Gasteiger partial charge < -0.3 is 15.0 Å². The Morgan fingerprint density at radius 3 is 2.84 bits per heavy atom. The number of benzene rings is 1. The predicted molar refractivity (Wildman–Crippen MR) is 76.1 cm³/mol. The van der Waals surface area contributed by atoms with Crippen LogP contribution in [0.4, 0.5) is 0 Å². The third-order valence-electron chi connectivity index (χ3n) is 3.27. The van der Waals surface area contributed by atoms with E-state index in [1.54, 1.807) is 6.20 Å². The van der Waals surface area contributed by atoms with Gasteiger partial charge in [0.2, 0.25) is 0 Å². The van der Waals surface area contributed by atoms with Gasteiger partial charge in [-0.2, -0.15) is 0 Å². The molecule has 2 aromatic rings. The Bertz CT molecular complexity index is 522. The third kappa shape index (κ3) is 3.35. The van der Waals surface area contributed by atoms with Gasteiger partial charge in [0.1, 0.15) is 18.2 Å². The number of aryl methyl sites for hydroxylation is 1. The van der Waals surface area contributed by atoms with Gasteiger partial charge in [-0.05, 0) is 19.4 Å². The molecule has 0 saturated heterocycles. The Morgan fingerprint density at radius 1 is 1.37 bits per heavy atom. The first-order chi connectivity index (χ1) is 9.22. The molecule has 1 heterocycles. The van der Waals surface area contributed by atoms with Crippen LogP contribution < -0.4 is 10.5 Å². The molecule has 2 N–H and O–H groups in total. The Balaban J connectivity index is 1.98. The van der Waals surface area contributed by atoms with Gasteiger partial charge in [-0.1, -0.05) is 25.1 Å². The summed E-state index contributed by atoms with van der Waals surface area (Å²) in [5.41, 5.74) is 7.17. The van der Waals surface area contributed by atoms with E-state index in [4.69, 9.17) is 10.5 Å². The molecule has 1 aromatic heterocycles. The molecule has 1 aromatic carbocycles. The summed E-state index contributed by atoms with van der Waals surface area (Å²) in [7, 11) is 0. The van der Waals surface area contributed by atoms with Crippen LogP contribution >= 0.6 is 0 Å². The second kappa shape index (κ2) is 6.38. The highest BCUT2D eigenvalue weighted by atomic mass is 16.5. The Hall–Kier alpha value is -1.81. The number of nitrogens with zero attached hydrogens (tertiary/aromatic N) is 2. The van der Waals surface area contributed by atoms with Gasteiger partial charge in [0, 0.05) is 24.0 Å². The molecule has 0 spiro atoms. The number of hydrogen-bond donors (Lipinski definition) is 1. The quantitative estimate of drug-likeness (QED) is 0.867. The van der Waals surface area contributed by atoms with Crippen LogP contribution in [0.15, 0.2) is 36.7 Å². The fourth-order valence-electron chi connectivity index (χ4n) is 2.03. The molecular weight excluding hydrogens is 238 g/mol. The van der Waals surface area contributed by atoms with Crippen LogP contribution in [0.25, 0.3) is 0 Å². The molecule has 1 unspecified atom stereocenters. The zero-order valence-electron chi connectivity index (χ0n) is 11.5. The van der Waals surface area contributed by atoms with E-state index in [1.165, 1.54) is 0 Å². The summed E-state index contributed by atoms with van der Waals surface area (Å²) in [6, 6.07) is 8.02. The number of para-hydroxylation sites is 1. The van der Waals surface area contributed by atoms with Gasteiger partial charge in [-0.25, -0.2) is 4.98 Å². The van der Waals surface area contributed by atoms with E-state index in [0.29, 0.717) is 6.61 Å². The maximum atomic E-state index is 6.09. The molecule has 102 valence electrons. The summed E-state index contributed by atoms with van der Waals surface area (Å²) >= 11 is 0. The Labute approximate surface area is 114 Å². The molecule has 0 bridgehead atoms. The summed E-state index contributed by atoms with van der Waals surface area (Å²) in [4.78, 5) is 4.19. The molecule has 19 heavy (non-hydrogen) atoms. The topological polar surface area (TPSA) is 53.1 Å². The first-order valence-electron chi connectivity index (χ1n) is 6.67. The number of ether oxygens (including phenoxy) is 1. The average Bonchev–Trinajstić information content (AvgIpc) is 2.84. The molecule has 0 fully saturated rings. The molecule has 0 aliphatic rings. The summed E-state index contributed by atoms with van der Waals surface area (Å²) < 4.78 is 7.93. The van der Waals surface area contributed by atoms with Crippen LogP contribution in [-0.4, -0.2) is 16.2 Å². The van der Waals surface area contributed by atoms with Gasteiger partial charge in [-0.3, -0.25) is 0 Å². The summed E-state index contributed by atoms with van der Waals surface area (Å²) in [6.45, 7) is 5.48. The largest absolute Gasteiger partial charge is 0.491 e. The highest BCUT2D eigenvalue weighted by Crippen LogP contribution is 2.25. The third-order valence-corrected chi connectivity index (χ3v) is 3.27. The minimum Gasteiger partial charge on any atom is -0.491 e. The molecule has 0 amide bonds. The summed E-state index contributed by atoms with van der Waals surface area (Å²) in [6.07, 6.45) is 4.67. The lowest BCUT2D eigenvalue weighted by Gasteiger charge is -2.16. The monoisotopic (exact) mass is 259 g/mol. The van der Waals surface area contributed by atoms with Crippen molar-refractivity contribution >= 4 is 0 Å². The second-order valence-electron chi connectivity index (χ2n) is 4.57. The second-order valence-corrected chi connectivity index (χ2v) is 4.57. The van der Waals surface area contributed by atoms with Crippen molar-refractivity contribution in [2.24, 2.45) is 5.73 Å². The number of nitrogens with two attached hydrogens (primary N) is 1. The lowest BCUT2D eigenvalue weighted by Crippen LogP contribution is -2.13. The van der Waals surface area contributed by atoms with Gasteiger partial charge >= 0.3 is 0 Å². The summed E-state index contributed by atoms with van der Waals surface area (Å²) in [5.74, 6) is 1.89. The molecule has 0 saturated carbocycles. The number of aromatic nitrogens is 2. The van der Waals surface area contributed by atoms with Crippen molar-refractivity contribution in [2.75, 3.05) is 6.61 Å². The van der Waals surface area contributed by atoms with E-state index >= 15 is 0 Å². The van der Waals surface area contributed by atoms with E-state index in [1.807, 2.05) is 37.4 Å². The van der Waals surface area contributed by atoms with Crippen LogP contribution in [-0.2, 0) is 6.54 Å². The molecule has 0 aliphatic carbocycles. The molecule has 0 aliphatic heterocycles. The van der Waals surface area contributed by atoms with E-state index in [2.05, 4.69) is 16.5 Å². The number of rotatable bonds is 6. The van der Waals surface area contributed by atoms with Crippen LogP contribution in [0.5, 0.6) is 5.75 Å². The van der Waals surface area contributed by atoms with Crippen molar-refractivity contribution in [3.8, 4) is 5.75 Å². The van der Waals surface area contributed by atoms with Gasteiger partial charge in [-0.15, -0.1) is 0 Å². The van der Waals surface area contributed by atoms with Crippen molar-refractivity contribution in [1.29, 1.82) is 0 Å². The van der Waals surface area contributed by atoms with E-state index in [0.717, 1.165) is 30.1 Å². The Kier molecular flexibility index (Phi) is 4.58. The minimum atomic E-state index is 0.0335. The van der Waals surface area contributed by atoms with Crippen molar-refractivity contribution < 1.29 is 4.74 Å². The van der Waals surface area contributed by atoms with Crippen LogP contribution in [0.2, 0.25) is 0 Å². The van der Waals surface area contributed by atoms with E-state index in [-0.39, 0.29) is 6.04 Å². The van der Waals surface area contributed by atoms with Crippen molar-refractivity contribution in [3.05, 3.63) is 48.0 Å². The van der Waals surface area contributed by atoms with Crippen LogP contribution in [0, 0.1) is 6.92 Å². The fraction of sp³-hybridized carbons (Fsp3) is 0.400. The molecule has 1 atom stereocenters. The number of imidazole rings is 1. The number of hydrogen-bond acceptors (Lipinski definition) is 3. The van der Waals surface area contributed by atoms with Crippen molar-refractivity contribution in [2.45, 2.75) is 32.9 Å². The SMILES string of the molecule is CCC(N)c1ccccc1OCCn1ccnc1C. The maximum absolute atomic E-state index is 6.09. The first-order valence-corrected chi connectivity index (χ1v) is 6.67. The van der Waals surface area contributed by atoms with Crippen molar-refractivity contribution in [1.82, 2.24) is 9.55 Å². The predicted octanol–water partition coefficient (Wildman–Crippen LogP) is 2.68.